The van der Waals surface area contributed by atoms with Crippen LogP contribution >= 0.6 is 11.8 Å². The van der Waals surface area contributed by atoms with Crippen LogP contribution in [0.3, 0.4) is 0 Å². The standard InChI is InChI=1S/C12H22N2S/c1-13(2)12-6-9-14(10-7-12)8-4-5-11-15-3/h12H,6-11H2,1-3H3. The van der Waals surface area contributed by atoms with Crippen molar-refractivity contribution in [3.63, 3.8) is 0 Å². The van der Waals surface area contributed by atoms with Crippen molar-refractivity contribution in [3.05, 3.63) is 0 Å². The molecule has 1 saturated heterocycles. The summed E-state index contributed by atoms with van der Waals surface area (Å²) in [4.78, 5) is 4.81. The molecule has 0 atom stereocenters. The average molecular weight is 226 g/mol. The Morgan fingerprint density at radius 2 is 1.93 bits per heavy atom. The van der Waals surface area contributed by atoms with Crippen LogP contribution in [0.15, 0.2) is 0 Å². The van der Waals surface area contributed by atoms with Gasteiger partial charge in [0.2, 0.25) is 0 Å². The van der Waals surface area contributed by atoms with Crippen LogP contribution in [0.25, 0.3) is 0 Å². The first kappa shape index (κ1) is 12.9. The zero-order chi connectivity index (χ0) is 11.1. The average Bonchev–Trinajstić information content (AvgIpc) is 2.25. The Bertz CT molecular complexity index is 222. The van der Waals surface area contributed by atoms with Crippen molar-refractivity contribution in [3.8, 4) is 11.8 Å². The van der Waals surface area contributed by atoms with Crippen molar-refractivity contribution in [1.82, 2.24) is 9.80 Å². The summed E-state index contributed by atoms with van der Waals surface area (Å²) in [5, 5.41) is 0. The fourth-order valence-electron chi connectivity index (χ4n) is 1.88. The smallest absolute Gasteiger partial charge is 0.0601 e. The summed E-state index contributed by atoms with van der Waals surface area (Å²) in [6.45, 7) is 3.37. The van der Waals surface area contributed by atoms with Crippen molar-refractivity contribution in [2.75, 3.05) is 45.7 Å². The first-order chi connectivity index (χ1) is 7.24. The van der Waals surface area contributed by atoms with E-state index in [0.29, 0.717) is 0 Å². The molecule has 0 bridgehead atoms. The maximum absolute atomic E-state index is 3.24. The predicted octanol–water partition coefficient (Wildman–Crippen LogP) is 1.38. The number of likely N-dealkylation sites (tertiary alicyclic amines) is 1. The van der Waals surface area contributed by atoms with Crippen molar-refractivity contribution in [2.24, 2.45) is 0 Å². The zero-order valence-electron chi connectivity index (χ0n) is 10.1. The maximum Gasteiger partial charge on any atom is 0.0601 e. The number of hydrogen-bond acceptors (Lipinski definition) is 3. The van der Waals surface area contributed by atoms with Crippen LogP contribution in [0, 0.1) is 11.8 Å². The van der Waals surface area contributed by atoms with Gasteiger partial charge in [-0.25, -0.2) is 0 Å². The topological polar surface area (TPSA) is 6.48 Å². The summed E-state index contributed by atoms with van der Waals surface area (Å²) in [5.74, 6) is 7.39. The third-order valence-electron chi connectivity index (χ3n) is 2.93. The van der Waals surface area contributed by atoms with Crippen molar-refractivity contribution in [2.45, 2.75) is 18.9 Å². The van der Waals surface area contributed by atoms with E-state index >= 15 is 0 Å². The summed E-state index contributed by atoms with van der Waals surface area (Å²) in [6.07, 6.45) is 4.67. The molecule has 0 N–H and O–H groups in total. The SMILES string of the molecule is CSCC#CCN1CCC(N(C)C)CC1. The molecule has 0 aromatic rings. The molecule has 15 heavy (non-hydrogen) atoms. The van der Waals surface area contributed by atoms with Crippen molar-refractivity contribution < 1.29 is 0 Å². The molecule has 86 valence electrons. The molecule has 0 saturated carbocycles. The Kier molecular flexibility index (Phi) is 6.16. The molecule has 1 aliphatic rings. The highest BCUT2D eigenvalue weighted by atomic mass is 32.2. The molecule has 0 aromatic carbocycles. The highest BCUT2D eigenvalue weighted by molar-refractivity contribution is 7.98. The lowest BCUT2D eigenvalue weighted by Gasteiger charge is -2.34. The van der Waals surface area contributed by atoms with Crippen molar-refractivity contribution >= 4 is 11.8 Å². The van der Waals surface area contributed by atoms with Gasteiger partial charge in [-0.1, -0.05) is 11.8 Å². The Hall–Kier alpha value is -0.170. The maximum atomic E-state index is 3.24. The lowest BCUT2D eigenvalue weighted by atomic mass is 10.0. The normalized spacial score (nSPS) is 18.9. The lowest BCUT2D eigenvalue weighted by Crippen LogP contribution is -2.41. The van der Waals surface area contributed by atoms with Gasteiger partial charge in [0.15, 0.2) is 0 Å². The van der Waals surface area contributed by atoms with E-state index in [2.05, 4.69) is 42.0 Å². The van der Waals surface area contributed by atoms with E-state index in [4.69, 9.17) is 0 Å². The van der Waals surface area contributed by atoms with E-state index in [-0.39, 0.29) is 0 Å². The third-order valence-corrected chi connectivity index (χ3v) is 3.36. The number of rotatable bonds is 3. The van der Waals surface area contributed by atoms with Crippen molar-refractivity contribution in [1.29, 1.82) is 0 Å². The van der Waals surface area contributed by atoms with Crippen LogP contribution in [-0.4, -0.2) is 61.6 Å². The minimum atomic E-state index is 0.778. The van der Waals surface area contributed by atoms with Gasteiger partial charge < -0.3 is 4.90 Å². The second kappa shape index (κ2) is 7.16. The van der Waals surface area contributed by atoms with Crippen LogP contribution in [-0.2, 0) is 0 Å². The van der Waals surface area contributed by atoms with Gasteiger partial charge in [-0.2, -0.15) is 11.8 Å². The fraction of sp³-hybridized carbons (Fsp3) is 0.833. The molecule has 0 radical (unpaired) electrons. The molecular formula is C12H22N2S. The molecule has 1 rings (SSSR count). The fourth-order valence-corrected chi connectivity index (χ4v) is 2.13. The Labute approximate surface area is 98.4 Å². The van der Waals surface area contributed by atoms with Crippen LogP contribution in [0.2, 0.25) is 0 Å². The molecule has 0 unspecified atom stereocenters. The summed E-state index contributed by atoms with van der Waals surface area (Å²) in [7, 11) is 4.36. The molecule has 2 nitrogen and oxygen atoms in total. The molecule has 0 aliphatic carbocycles. The molecule has 1 fully saturated rings. The summed E-state index contributed by atoms with van der Waals surface area (Å²) in [6, 6.07) is 0.778. The molecule has 0 spiro atoms. The van der Waals surface area contributed by atoms with Gasteiger partial charge in [-0.3, -0.25) is 4.90 Å². The van der Waals surface area contributed by atoms with Gasteiger partial charge in [-0.15, -0.1) is 0 Å². The molecule has 0 amide bonds. The van der Waals surface area contributed by atoms with E-state index in [9.17, 15) is 0 Å². The van der Waals surface area contributed by atoms with Crippen LogP contribution < -0.4 is 0 Å². The molecule has 3 heteroatoms. The van der Waals surface area contributed by atoms with Gasteiger partial charge in [0, 0.05) is 19.1 Å². The summed E-state index contributed by atoms with van der Waals surface area (Å²) < 4.78 is 0. The molecule has 1 aliphatic heterocycles. The van der Waals surface area contributed by atoms with Crippen LogP contribution in [0.4, 0.5) is 0 Å². The van der Waals surface area contributed by atoms with Gasteiger partial charge in [0.05, 0.1) is 12.3 Å². The van der Waals surface area contributed by atoms with Gasteiger partial charge in [-0.05, 0) is 33.2 Å². The third kappa shape index (κ3) is 4.92. The van der Waals surface area contributed by atoms with Crippen LogP contribution in [0.1, 0.15) is 12.8 Å². The van der Waals surface area contributed by atoms with Gasteiger partial charge in [0.25, 0.3) is 0 Å². The Morgan fingerprint density at radius 3 is 2.47 bits per heavy atom. The largest absolute Gasteiger partial charge is 0.306 e. The quantitative estimate of drug-likeness (QED) is 0.671. The number of piperidine rings is 1. The van der Waals surface area contributed by atoms with Gasteiger partial charge >= 0.3 is 0 Å². The Morgan fingerprint density at radius 1 is 1.27 bits per heavy atom. The minimum absolute atomic E-state index is 0.778. The van der Waals surface area contributed by atoms with Crippen LogP contribution in [0.5, 0.6) is 0 Å². The monoisotopic (exact) mass is 226 g/mol. The predicted molar refractivity (Wildman–Crippen MR) is 69.3 cm³/mol. The minimum Gasteiger partial charge on any atom is -0.306 e. The second-order valence-electron chi connectivity index (χ2n) is 4.26. The second-order valence-corrected chi connectivity index (χ2v) is 5.12. The number of nitrogens with zero attached hydrogens (tertiary/aromatic N) is 2. The first-order valence-corrected chi connectivity index (χ1v) is 6.97. The molecule has 0 aromatic heterocycles. The van der Waals surface area contributed by atoms with E-state index in [1.54, 1.807) is 11.8 Å². The van der Waals surface area contributed by atoms with E-state index in [0.717, 1.165) is 18.3 Å². The lowest BCUT2D eigenvalue weighted by molar-refractivity contribution is 0.156. The molecule has 1 heterocycles. The van der Waals surface area contributed by atoms with E-state index < -0.39 is 0 Å². The number of thioether (sulfide) groups is 1. The van der Waals surface area contributed by atoms with E-state index in [1.807, 2.05) is 0 Å². The highest BCUT2D eigenvalue weighted by Gasteiger charge is 2.19. The number of hydrogen-bond donors (Lipinski definition) is 0. The highest BCUT2D eigenvalue weighted by Crippen LogP contribution is 2.13. The molecular weight excluding hydrogens is 204 g/mol. The summed E-state index contributed by atoms with van der Waals surface area (Å²) in [5.41, 5.74) is 0. The van der Waals surface area contributed by atoms with Gasteiger partial charge in [0.1, 0.15) is 0 Å². The zero-order valence-corrected chi connectivity index (χ0v) is 10.9. The Balaban J connectivity index is 2.18. The summed E-state index contributed by atoms with van der Waals surface area (Å²) >= 11 is 1.79. The van der Waals surface area contributed by atoms with E-state index in [1.165, 1.54) is 25.9 Å². The first-order valence-electron chi connectivity index (χ1n) is 5.57.